The quantitative estimate of drug-likeness (QED) is 0.492. The normalized spacial score (nSPS) is 10.9. The lowest BCUT2D eigenvalue weighted by Crippen LogP contribution is -2.35. The molecular formula is C19H13Cl2N3O4. The number of fused-ring (bicyclic) bond motifs is 1. The highest BCUT2D eigenvalue weighted by atomic mass is 35.5. The van der Waals surface area contributed by atoms with Crippen molar-refractivity contribution in [2.24, 2.45) is 5.10 Å². The molecule has 3 rings (SSSR count). The van der Waals surface area contributed by atoms with E-state index in [1.54, 1.807) is 30.3 Å². The van der Waals surface area contributed by atoms with Gasteiger partial charge in [0.05, 0.1) is 23.7 Å². The average molecular weight is 418 g/mol. The summed E-state index contributed by atoms with van der Waals surface area (Å²) in [4.78, 5) is 36.1. The van der Waals surface area contributed by atoms with Crippen LogP contribution in [0, 0.1) is 0 Å². The molecule has 0 spiro atoms. The Morgan fingerprint density at radius 2 is 1.89 bits per heavy atom. The van der Waals surface area contributed by atoms with Crippen LogP contribution in [0.1, 0.15) is 15.9 Å². The molecule has 0 saturated heterocycles. The Labute approximate surface area is 168 Å². The number of rotatable bonds is 5. The highest BCUT2D eigenvalue weighted by molar-refractivity contribution is 6.31. The summed E-state index contributed by atoms with van der Waals surface area (Å²) in [6, 6.07) is 11.0. The summed E-state index contributed by atoms with van der Waals surface area (Å²) in [5.74, 6) is -1.02. The van der Waals surface area contributed by atoms with Gasteiger partial charge in [-0.05, 0) is 36.4 Å². The Kier molecular flexibility index (Phi) is 6.08. The van der Waals surface area contributed by atoms with Gasteiger partial charge >= 0.3 is 0 Å². The molecule has 0 atom stereocenters. The molecular weight excluding hydrogens is 405 g/mol. The minimum Gasteiger partial charge on any atom is -0.463 e. The molecule has 28 heavy (non-hydrogen) atoms. The number of nitrogens with one attached hydrogen (secondary N) is 2. The molecule has 0 fully saturated rings. The van der Waals surface area contributed by atoms with Crippen LogP contribution in [-0.4, -0.2) is 24.6 Å². The van der Waals surface area contributed by atoms with Crippen molar-refractivity contribution in [3.05, 3.63) is 80.1 Å². The van der Waals surface area contributed by atoms with Crippen LogP contribution in [0.25, 0.3) is 11.0 Å². The Bertz CT molecular complexity index is 1140. The van der Waals surface area contributed by atoms with Gasteiger partial charge in [0.1, 0.15) is 11.8 Å². The molecule has 0 aliphatic heterocycles. The first-order valence-electron chi connectivity index (χ1n) is 8.01. The van der Waals surface area contributed by atoms with Crippen molar-refractivity contribution < 1.29 is 14.0 Å². The van der Waals surface area contributed by atoms with E-state index in [-0.39, 0.29) is 17.5 Å². The van der Waals surface area contributed by atoms with E-state index in [4.69, 9.17) is 27.6 Å². The van der Waals surface area contributed by atoms with E-state index >= 15 is 0 Å². The van der Waals surface area contributed by atoms with Crippen LogP contribution in [-0.2, 0) is 4.79 Å². The molecule has 2 N–H and O–H groups in total. The third-order valence-corrected chi connectivity index (χ3v) is 4.12. The lowest BCUT2D eigenvalue weighted by atomic mass is 10.2. The Balaban J connectivity index is 1.59. The fourth-order valence-corrected chi connectivity index (χ4v) is 2.68. The van der Waals surface area contributed by atoms with E-state index in [9.17, 15) is 14.4 Å². The van der Waals surface area contributed by atoms with Crippen molar-refractivity contribution in [2.45, 2.75) is 0 Å². The molecule has 9 heteroatoms. The number of amides is 2. The fourth-order valence-electron chi connectivity index (χ4n) is 2.31. The standard InChI is InChI=1S/C19H13Cl2N3O4/c20-13-3-1-2-11(6-13)19(27)22-9-17(25)24-23-8-12-10-28-16-5-4-14(21)7-15(16)18(12)26/h1-8,10H,9H2,(H,22,27)(H,24,25). The van der Waals surface area contributed by atoms with E-state index in [1.807, 2.05) is 0 Å². The van der Waals surface area contributed by atoms with Gasteiger partial charge in [-0.1, -0.05) is 29.3 Å². The number of nitrogens with zero attached hydrogens (tertiary/aromatic N) is 1. The minimum atomic E-state index is -0.570. The molecule has 1 heterocycles. The van der Waals surface area contributed by atoms with Gasteiger partial charge in [-0.15, -0.1) is 0 Å². The van der Waals surface area contributed by atoms with Crippen molar-refractivity contribution in [1.82, 2.24) is 10.7 Å². The lowest BCUT2D eigenvalue weighted by Gasteiger charge is -2.04. The highest BCUT2D eigenvalue weighted by Crippen LogP contribution is 2.16. The van der Waals surface area contributed by atoms with Gasteiger partial charge in [-0.25, -0.2) is 5.43 Å². The highest BCUT2D eigenvalue weighted by Gasteiger charge is 2.09. The second-order valence-electron chi connectivity index (χ2n) is 5.65. The van der Waals surface area contributed by atoms with E-state index in [0.29, 0.717) is 26.6 Å². The SMILES string of the molecule is O=C(CNC(=O)c1cccc(Cl)c1)NN=Cc1coc2ccc(Cl)cc2c1=O. The molecule has 0 aliphatic rings. The Morgan fingerprint density at radius 3 is 2.68 bits per heavy atom. The summed E-state index contributed by atoms with van der Waals surface area (Å²) >= 11 is 11.7. The van der Waals surface area contributed by atoms with Gasteiger partial charge in [0.25, 0.3) is 11.8 Å². The third kappa shape index (κ3) is 4.76. The molecule has 0 bridgehead atoms. The molecule has 2 aromatic carbocycles. The number of carbonyl (C=O) groups is 2. The van der Waals surface area contributed by atoms with Crippen LogP contribution in [0.2, 0.25) is 10.0 Å². The van der Waals surface area contributed by atoms with Crippen LogP contribution in [0.3, 0.4) is 0 Å². The predicted octanol–water partition coefficient (Wildman–Crippen LogP) is 2.98. The number of carbonyl (C=O) groups excluding carboxylic acids is 2. The van der Waals surface area contributed by atoms with E-state index in [0.717, 1.165) is 6.21 Å². The van der Waals surface area contributed by atoms with Gasteiger partial charge in [0, 0.05) is 15.6 Å². The van der Waals surface area contributed by atoms with Crippen molar-refractivity contribution in [1.29, 1.82) is 0 Å². The zero-order valence-electron chi connectivity index (χ0n) is 14.2. The molecule has 142 valence electrons. The van der Waals surface area contributed by atoms with Crippen LogP contribution in [0.5, 0.6) is 0 Å². The number of halogens is 2. The second kappa shape index (κ2) is 8.69. The lowest BCUT2D eigenvalue weighted by molar-refractivity contribution is -0.120. The molecule has 3 aromatic rings. The van der Waals surface area contributed by atoms with Crippen molar-refractivity contribution in [3.8, 4) is 0 Å². The third-order valence-electron chi connectivity index (χ3n) is 3.65. The number of hydrazone groups is 1. The predicted molar refractivity (Wildman–Crippen MR) is 107 cm³/mol. The molecule has 7 nitrogen and oxygen atoms in total. The van der Waals surface area contributed by atoms with Crippen LogP contribution in [0.4, 0.5) is 0 Å². The largest absolute Gasteiger partial charge is 0.463 e. The first-order valence-corrected chi connectivity index (χ1v) is 8.76. The number of benzene rings is 2. The molecule has 0 saturated carbocycles. The maximum absolute atomic E-state index is 12.4. The van der Waals surface area contributed by atoms with E-state index in [2.05, 4.69) is 15.8 Å². The van der Waals surface area contributed by atoms with Gasteiger partial charge in [-0.2, -0.15) is 5.10 Å². The smallest absolute Gasteiger partial charge is 0.259 e. The van der Waals surface area contributed by atoms with E-state index < -0.39 is 11.8 Å². The van der Waals surface area contributed by atoms with Crippen molar-refractivity contribution in [3.63, 3.8) is 0 Å². The number of hydrogen-bond donors (Lipinski definition) is 2. The summed E-state index contributed by atoms with van der Waals surface area (Å²) in [6.45, 7) is -0.301. The topological polar surface area (TPSA) is 101 Å². The van der Waals surface area contributed by atoms with Gasteiger partial charge < -0.3 is 9.73 Å². The average Bonchev–Trinajstić information content (AvgIpc) is 2.68. The monoisotopic (exact) mass is 417 g/mol. The van der Waals surface area contributed by atoms with Crippen LogP contribution < -0.4 is 16.2 Å². The maximum Gasteiger partial charge on any atom is 0.259 e. The number of hydrogen-bond acceptors (Lipinski definition) is 5. The van der Waals surface area contributed by atoms with Gasteiger partial charge in [-0.3, -0.25) is 14.4 Å². The first-order chi connectivity index (χ1) is 13.4. The summed E-state index contributed by atoms with van der Waals surface area (Å²) in [7, 11) is 0. The van der Waals surface area contributed by atoms with Crippen molar-refractivity contribution in [2.75, 3.05) is 6.54 Å². The first kappa shape index (κ1) is 19.6. The molecule has 0 radical (unpaired) electrons. The van der Waals surface area contributed by atoms with Gasteiger partial charge in [0.15, 0.2) is 0 Å². The summed E-state index contributed by atoms with van der Waals surface area (Å²) in [6.07, 6.45) is 2.39. The van der Waals surface area contributed by atoms with Crippen LogP contribution >= 0.6 is 23.2 Å². The van der Waals surface area contributed by atoms with Crippen molar-refractivity contribution >= 4 is 52.2 Å². The molecule has 0 unspecified atom stereocenters. The molecule has 0 aliphatic carbocycles. The summed E-state index contributed by atoms with van der Waals surface area (Å²) in [5, 5.41) is 7.26. The maximum atomic E-state index is 12.4. The zero-order valence-corrected chi connectivity index (χ0v) is 15.8. The molecule has 1 aromatic heterocycles. The van der Waals surface area contributed by atoms with Crippen LogP contribution in [0.15, 0.2) is 63.0 Å². The second-order valence-corrected chi connectivity index (χ2v) is 6.52. The zero-order chi connectivity index (χ0) is 20.1. The molecule has 2 amide bonds. The fraction of sp³-hybridized carbons (Fsp3) is 0.0526. The Morgan fingerprint density at radius 1 is 1.11 bits per heavy atom. The van der Waals surface area contributed by atoms with Gasteiger partial charge in [0.2, 0.25) is 5.43 Å². The summed E-state index contributed by atoms with van der Waals surface area (Å²) in [5.41, 5.74) is 2.74. The Hall–Kier alpha value is -3.16. The minimum absolute atomic E-state index is 0.137. The summed E-state index contributed by atoms with van der Waals surface area (Å²) < 4.78 is 5.34. The van der Waals surface area contributed by atoms with E-state index in [1.165, 1.54) is 18.4 Å².